The number of ether oxygens (including phenoxy) is 1. The Hall–Kier alpha value is -3.20. The Bertz CT molecular complexity index is 931. The molecule has 28 heavy (non-hydrogen) atoms. The van der Waals surface area contributed by atoms with Crippen LogP contribution >= 0.6 is 0 Å². The molecule has 1 saturated heterocycles. The van der Waals surface area contributed by atoms with E-state index in [9.17, 15) is 4.79 Å². The normalized spacial score (nSPS) is 15.9. The summed E-state index contributed by atoms with van der Waals surface area (Å²) >= 11 is 0. The summed E-state index contributed by atoms with van der Waals surface area (Å²) in [7, 11) is 1.56. The summed E-state index contributed by atoms with van der Waals surface area (Å²) in [6.07, 6.45) is 5.22. The van der Waals surface area contributed by atoms with Crippen LogP contribution in [0, 0.1) is 0 Å². The number of carbonyl (C=O) groups is 1. The Morgan fingerprint density at radius 3 is 2.89 bits per heavy atom. The minimum Gasteiger partial charge on any atom is -0.495 e. The predicted octanol–water partition coefficient (Wildman–Crippen LogP) is 1.58. The van der Waals surface area contributed by atoms with Gasteiger partial charge in [0.25, 0.3) is 5.89 Å². The molecule has 1 fully saturated rings. The highest BCUT2D eigenvalue weighted by atomic mass is 16.5. The molecule has 0 unspecified atom stereocenters. The zero-order chi connectivity index (χ0) is 19.4. The van der Waals surface area contributed by atoms with Crippen molar-refractivity contribution >= 4 is 11.6 Å². The maximum Gasteiger partial charge on any atom is 0.254 e. The quantitative estimate of drug-likeness (QED) is 0.666. The van der Waals surface area contributed by atoms with Gasteiger partial charge < -0.3 is 19.9 Å². The summed E-state index contributed by atoms with van der Waals surface area (Å²) in [5, 5.41) is 14.6. The van der Waals surface area contributed by atoms with Gasteiger partial charge in [0.1, 0.15) is 11.3 Å². The molecule has 9 nitrogen and oxygen atoms in total. The van der Waals surface area contributed by atoms with Gasteiger partial charge in [-0.2, -0.15) is 10.1 Å². The van der Waals surface area contributed by atoms with Crippen LogP contribution in [0.4, 0.5) is 5.69 Å². The van der Waals surface area contributed by atoms with Gasteiger partial charge in [0.05, 0.1) is 19.2 Å². The smallest absolute Gasteiger partial charge is 0.254 e. The van der Waals surface area contributed by atoms with E-state index < -0.39 is 5.54 Å². The summed E-state index contributed by atoms with van der Waals surface area (Å²) in [6, 6.07) is 9.11. The average Bonchev–Trinajstić information content (AvgIpc) is 3.42. The largest absolute Gasteiger partial charge is 0.495 e. The third-order valence-electron chi connectivity index (χ3n) is 4.94. The van der Waals surface area contributed by atoms with Crippen molar-refractivity contribution in [3.63, 3.8) is 0 Å². The number of aromatic nitrogens is 4. The number of nitrogens with one attached hydrogen (secondary N) is 2. The highest BCUT2D eigenvalue weighted by molar-refractivity contribution is 5.93. The first-order chi connectivity index (χ1) is 13.7. The highest BCUT2D eigenvalue weighted by Crippen LogP contribution is 2.33. The van der Waals surface area contributed by atoms with Crippen molar-refractivity contribution < 1.29 is 14.1 Å². The van der Waals surface area contributed by atoms with Crippen molar-refractivity contribution in [3.05, 3.63) is 54.4 Å². The second-order valence-electron chi connectivity index (χ2n) is 6.67. The molecule has 0 saturated carbocycles. The van der Waals surface area contributed by atoms with Gasteiger partial charge in [0.2, 0.25) is 5.91 Å². The molecule has 4 rings (SSSR count). The summed E-state index contributed by atoms with van der Waals surface area (Å²) in [5.41, 5.74) is 0.115. The molecular weight excluding hydrogens is 360 g/mol. The molecule has 1 aromatic carbocycles. The number of piperidine rings is 1. The predicted molar refractivity (Wildman–Crippen MR) is 101 cm³/mol. The van der Waals surface area contributed by atoms with Crippen LogP contribution in [0.25, 0.3) is 0 Å². The molecule has 1 aliphatic heterocycles. The van der Waals surface area contributed by atoms with E-state index in [2.05, 4.69) is 25.9 Å². The van der Waals surface area contributed by atoms with Crippen LogP contribution in [-0.4, -0.2) is 46.0 Å². The molecule has 0 aliphatic carbocycles. The monoisotopic (exact) mass is 382 g/mol. The van der Waals surface area contributed by atoms with E-state index in [1.165, 1.54) is 0 Å². The van der Waals surface area contributed by atoms with Crippen LogP contribution in [0.5, 0.6) is 5.75 Å². The Labute approximate surface area is 162 Å². The van der Waals surface area contributed by atoms with Crippen molar-refractivity contribution in [2.45, 2.75) is 24.8 Å². The third kappa shape index (κ3) is 3.48. The second kappa shape index (κ2) is 7.81. The molecule has 1 aliphatic rings. The minimum absolute atomic E-state index is 0.00891. The fraction of sp³-hybridized carbons (Fsp3) is 0.368. The van der Waals surface area contributed by atoms with Crippen LogP contribution in [0.15, 0.2) is 47.2 Å². The zero-order valence-corrected chi connectivity index (χ0v) is 15.6. The average molecular weight is 382 g/mol. The first kappa shape index (κ1) is 18.2. The number of benzene rings is 1. The van der Waals surface area contributed by atoms with Gasteiger partial charge in [-0.15, -0.1) is 0 Å². The number of amides is 1. The van der Waals surface area contributed by atoms with E-state index in [1.807, 2.05) is 29.1 Å². The molecule has 1 amide bonds. The summed E-state index contributed by atoms with van der Waals surface area (Å²) < 4.78 is 12.7. The van der Waals surface area contributed by atoms with Crippen molar-refractivity contribution in [1.82, 2.24) is 25.2 Å². The fourth-order valence-electron chi connectivity index (χ4n) is 3.50. The van der Waals surface area contributed by atoms with E-state index in [4.69, 9.17) is 9.26 Å². The van der Waals surface area contributed by atoms with Crippen LogP contribution in [0.3, 0.4) is 0 Å². The Morgan fingerprint density at radius 2 is 2.14 bits per heavy atom. The molecule has 0 atom stereocenters. The van der Waals surface area contributed by atoms with E-state index in [-0.39, 0.29) is 12.3 Å². The molecule has 2 N–H and O–H groups in total. The number of hydrogen-bond donors (Lipinski definition) is 2. The van der Waals surface area contributed by atoms with Gasteiger partial charge in [-0.25, -0.2) is 0 Å². The van der Waals surface area contributed by atoms with Crippen LogP contribution in [0.1, 0.15) is 24.6 Å². The van der Waals surface area contributed by atoms with Gasteiger partial charge in [-0.3, -0.25) is 9.48 Å². The van der Waals surface area contributed by atoms with E-state index in [0.717, 1.165) is 25.9 Å². The SMILES string of the molecule is COc1ccccc1NC(=O)Cc1noc(C2(n3cccn3)CCNCC2)n1. The number of methoxy groups -OCH3 is 1. The Morgan fingerprint density at radius 1 is 1.32 bits per heavy atom. The Kier molecular flexibility index (Phi) is 5.07. The van der Waals surface area contributed by atoms with Crippen molar-refractivity contribution in [2.75, 3.05) is 25.5 Å². The zero-order valence-electron chi connectivity index (χ0n) is 15.6. The van der Waals surface area contributed by atoms with Crippen molar-refractivity contribution in [3.8, 4) is 5.75 Å². The number of carbonyl (C=O) groups excluding carboxylic acids is 1. The summed E-state index contributed by atoms with van der Waals surface area (Å²) in [4.78, 5) is 17.0. The topological polar surface area (TPSA) is 107 Å². The van der Waals surface area contributed by atoms with Crippen molar-refractivity contribution in [2.24, 2.45) is 0 Å². The first-order valence-electron chi connectivity index (χ1n) is 9.18. The second-order valence-corrected chi connectivity index (χ2v) is 6.67. The first-order valence-corrected chi connectivity index (χ1v) is 9.18. The van der Waals surface area contributed by atoms with E-state index >= 15 is 0 Å². The molecule has 2 aromatic heterocycles. The van der Waals surface area contributed by atoms with Gasteiger partial charge >= 0.3 is 0 Å². The lowest BCUT2D eigenvalue weighted by Gasteiger charge is -2.34. The van der Waals surface area contributed by atoms with E-state index in [0.29, 0.717) is 23.2 Å². The minimum atomic E-state index is -0.487. The van der Waals surface area contributed by atoms with Crippen molar-refractivity contribution in [1.29, 1.82) is 0 Å². The third-order valence-corrected chi connectivity index (χ3v) is 4.94. The molecular formula is C19H22N6O3. The molecule has 0 spiro atoms. The molecule has 3 heterocycles. The van der Waals surface area contributed by atoms with Gasteiger partial charge in [0, 0.05) is 12.4 Å². The maximum absolute atomic E-state index is 12.4. The summed E-state index contributed by atoms with van der Waals surface area (Å²) in [5.74, 6) is 1.18. The summed E-state index contributed by atoms with van der Waals surface area (Å²) in [6.45, 7) is 1.65. The molecule has 0 bridgehead atoms. The molecule has 0 radical (unpaired) electrons. The maximum atomic E-state index is 12.4. The highest BCUT2D eigenvalue weighted by Gasteiger charge is 2.41. The molecule has 9 heteroatoms. The number of rotatable bonds is 6. The fourth-order valence-corrected chi connectivity index (χ4v) is 3.50. The van der Waals surface area contributed by atoms with Gasteiger partial charge in [-0.05, 0) is 44.1 Å². The lowest BCUT2D eigenvalue weighted by atomic mass is 9.88. The standard InChI is InChI=1S/C19H22N6O3/c1-27-15-6-3-2-5-14(15)22-17(26)13-16-23-18(28-24-16)19(7-10-20-11-8-19)25-12-4-9-21-25/h2-6,9,12,20H,7-8,10-11,13H2,1H3,(H,22,26). The van der Waals surface area contributed by atoms with Crippen LogP contribution in [0.2, 0.25) is 0 Å². The lowest BCUT2D eigenvalue weighted by Crippen LogP contribution is -2.45. The number of nitrogens with zero attached hydrogens (tertiary/aromatic N) is 4. The van der Waals surface area contributed by atoms with Crippen LogP contribution < -0.4 is 15.4 Å². The number of para-hydroxylation sites is 2. The van der Waals surface area contributed by atoms with Gasteiger partial charge in [0.15, 0.2) is 5.82 Å². The van der Waals surface area contributed by atoms with Crippen LogP contribution in [-0.2, 0) is 16.8 Å². The molecule has 146 valence electrons. The van der Waals surface area contributed by atoms with E-state index in [1.54, 1.807) is 25.4 Å². The van der Waals surface area contributed by atoms with Gasteiger partial charge in [-0.1, -0.05) is 17.3 Å². The lowest BCUT2D eigenvalue weighted by molar-refractivity contribution is -0.115. The number of anilines is 1. The number of hydrogen-bond acceptors (Lipinski definition) is 7. The molecule has 3 aromatic rings. The Balaban J connectivity index is 1.51.